The van der Waals surface area contributed by atoms with Crippen molar-refractivity contribution in [3.8, 4) is 5.75 Å². The minimum atomic E-state index is -3.92. The van der Waals surface area contributed by atoms with Crippen LogP contribution in [-0.4, -0.2) is 56.6 Å². The van der Waals surface area contributed by atoms with Crippen LogP contribution in [0.2, 0.25) is 10.0 Å². The van der Waals surface area contributed by atoms with Crippen LogP contribution in [0.25, 0.3) is 0 Å². The lowest BCUT2D eigenvalue weighted by molar-refractivity contribution is -0.140. The van der Waals surface area contributed by atoms with Crippen molar-refractivity contribution >= 4 is 50.7 Å². The van der Waals surface area contributed by atoms with Crippen molar-refractivity contribution in [3.05, 3.63) is 58.1 Å². The molecule has 2 rings (SSSR count). The van der Waals surface area contributed by atoms with E-state index in [9.17, 15) is 18.0 Å². The van der Waals surface area contributed by atoms with Gasteiger partial charge in [0.05, 0.1) is 24.1 Å². The van der Waals surface area contributed by atoms with Gasteiger partial charge < -0.3 is 15.0 Å². The second-order valence-corrected chi connectivity index (χ2v) is 11.9. The van der Waals surface area contributed by atoms with Crippen LogP contribution < -0.4 is 14.4 Å². The van der Waals surface area contributed by atoms with Gasteiger partial charge in [0.25, 0.3) is 0 Å². The fraction of sp³-hybridized carbons (Fsp3) is 0.417. The van der Waals surface area contributed by atoms with E-state index < -0.39 is 34.1 Å². The Balaban J connectivity index is 2.47. The minimum Gasteiger partial charge on any atom is -0.497 e. The lowest BCUT2D eigenvalue weighted by Gasteiger charge is -2.33. The molecule has 35 heavy (non-hydrogen) atoms. The molecule has 0 radical (unpaired) electrons. The van der Waals surface area contributed by atoms with Crippen molar-refractivity contribution in [3.63, 3.8) is 0 Å². The number of sulfonamides is 1. The molecule has 0 aliphatic heterocycles. The van der Waals surface area contributed by atoms with Crippen LogP contribution in [0.3, 0.4) is 0 Å². The number of carbonyl (C=O) groups is 2. The number of ether oxygens (including phenoxy) is 1. The summed E-state index contributed by atoms with van der Waals surface area (Å²) in [5.41, 5.74) is 0.256. The molecule has 192 valence electrons. The van der Waals surface area contributed by atoms with Crippen LogP contribution in [0.15, 0.2) is 42.5 Å². The standard InChI is InChI=1S/C24H31Cl2N3O5S/c1-16(23(31)27-24(2,3)4)28(14-17-8-7-9-19(12-17)34-5)22(30)15-29(35(6,32)33)21-13-18(25)10-11-20(21)26/h7-13,16H,14-15H2,1-6H3,(H,27,31)/t16-/m0/s1. The average molecular weight is 545 g/mol. The summed E-state index contributed by atoms with van der Waals surface area (Å²) >= 11 is 12.3. The van der Waals surface area contributed by atoms with E-state index in [2.05, 4.69) is 5.32 Å². The maximum absolute atomic E-state index is 13.6. The molecule has 0 fully saturated rings. The van der Waals surface area contributed by atoms with Crippen molar-refractivity contribution in [2.45, 2.75) is 45.8 Å². The molecule has 8 nitrogen and oxygen atoms in total. The van der Waals surface area contributed by atoms with E-state index in [4.69, 9.17) is 27.9 Å². The van der Waals surface area contributed by atoms with E-state index >= 15 is 0 Å². The van der Waals surface area contributed by atoms with Gasteiger partial charge in [-0.3, -0.25) is 13.9 Å². The Bertz CT molecular complexity index is 1180. The first-order chi connectivity index (χ1) is 16.1. The Hall–Kier alpha value is -2.49. The maximum Gasteiger partial charge on any atom is 0.244 e. The molecule has 2 amide bonds. The topological polar surface area (TPSA) is 96.0 Å². The second kappa shape index (κ2) is 11.5. The van der Waals surface area contributed by atoms with Crippen molar-refractivity contribution in [2.75, 3.05) is 24.2 Å². The Labute approximate surface area is 217 Å². The summed E-state index contributed by atoms with van der Waals surface area (Å²) in [6, 6.07) is 10.5. The first-order valence-corrected chi connectivity index (χ1v) is 13.4. The smallest absolute Gasteiger partial charge is 0.244 e. The van der Waals surface area contributed by atoms with Crippen LogP contribution in [0.4, 0.5) is 5.69 Å². The zero-order valence-corrected chi connectivity index (χ0v) is 23.0. The van der Waals surface area contributed by atoms with Gasteiger partial charge in [0.15, 0.2) is 0 Å². The van der Waals surface area contributed by atoms with Crippen LogP contribution in [0.1, 0.15) is 33.3 Å². The summed E-state index contributed by atoms with van der Waals surface area (Å²) < 4.78 is 31.4. The van der Waals surface area contributed by atoms with Crippen LogP contribution >= 0.6 is 23.2 Å². The SMILES string of the molecule is COc1cccc(CN(C(=O)CN(c2cc(Cl)ccc2Cl)S(C)(=O)=O)[C@@H](C)C(=O)NC(C)(C)C)c1. The first kappa shape index (κ1) is 28.7. The number of rotatable bonds is 9. The van der Waals surface area contributed by atoms with Gasteiger partial charge in [0, 0.05) is 17.1 Å². The molecule has 0 saturated carbocycles. The van der Waals surface area contributed by atoms with E-state index in [1.54, 1.807) is 31.2 Å². The molecule has 1 N–H and O–H groups in total. The third kappa shape index (κ3) is 8.30. The third-order valence-electron chi connectivity index (χ3n) is 5.01. The van der Waals surface area contributed by atoms with Gasteiger partial charge in [0.2, 0.25) is 21.8 Å². The zero-order chi connectivity index (χ0) is 26.6. The number of hydrogen-bond donors (Lipinski definition) is 1. The number of hydrogen-bond acceptors (Lipinski definition) is 5. The molecular formula is C24H31Cl2N3O5S. The molecule has 0 bridgehead atoms. The highest BCUT2D eigenvalue weighted by Gasteiger charge is 2.32. The quantitative estimate of drug-likeness (QED) is 0.513. The molecule has 0 aliphatic rings. The van der Waals surface area contributed by atoms with Crippen molar-refractivity contribution < 1.29 is 22.7 Å². The number of carbonyl (C=O) groups excluding carboxylic acids is 2. The fourth-order valence-electron chi connectivity index (χ4n) is 3.30. The maximum atomic E-state index is 13.6. The number of amides is 2. The molecule has 0 spiro atoms. The summed E-state index contributed by atoms with van der Waals surface area (Å²) in [6.45, 7) is 6.57. The Morgan fingerprint density at radius 2 is 1.77 bits per heavy atom. The van der Waals surface area contributed by atoms with Gasteiger partial charge in [-0.2, -0.15) is 0 Å². The summed E-state index contributed by atoms with van der Waals surface area (Å²) in [5.74, 6) is -0.378. The van der Waals surface area contributed by atoms with Crippen molar-refractivity contribution in [1.82, 2.24) is 10.2 Å². The van der Waals surface area contributed by atoms with Crippen LogP contribution in [0.5, 0.6) is 5.75 Å². The molecular weight excluding hydrogens is 513 g/mol. The average Bonchev–Trinajstić information content (AvgIpc) is 2.75. The van der Waals surface area contributed by atoms with Crippen LogP contribution in [-0.2, 0) is 26.2 Å². The van der Waals surface area contributed by atoms with Crippen molar-refractivity contribution in [2.24, 2.45) is 0 Å². The summed E-state index contributed by atoms with van der Waals surface area (Å²) in [4.78, 5) is 27.9. The van der Waals surface area contributed by atoms with Gasteiger partial charge in [-0.25, -0.2) is 8.42 Å². The molecule has 1 atom stereocenters. The number of anilines is 1. The van der Waals surface area contributed by atoms with E-state index in [1.807, 2.05) is 20.8 Å². The first-order valence-electron chi connectivity index (χ1n) is 10.8. The highest BCUT2D eigenvalue weighted by atomic mass is 35.5. The molecule has 11 heteroatoms. The summed E-state index contributed by atoms with van der Waals surface area (Å²) in [6.07, 6.45) is 0.972. The Morgan fingerprint density at radius 3 is 2.34 bits per heavy atom. The molecule has 2 aromatic carbocycles. The summed E-state index contributed by atoms with van der Waals surface area (Å²) in [7, 11) is -2.39. The van der Waals surface area contributed by atoms with Gasteiger partial charge in [-0.05, 0) is 63.6 Å². The van der Waals surface area contributed by atoms with E-state index in [0.29, 0.717) is 11.3 Å². The molecule has 0 saturated heterocycles. The number of nitrogens with zero attached hydrogens (tertiary/aromatic N) is 2. The largest absolute Gasteiger partial charge is 0.497 e. The lowest BCUT2D eigenvalue weighted by Crippen LogP contribution is -2.54. The molecule has 0 heterocycles. The molecule has 2 aromatic rings. The monoisotopic (exact) mass is 543 g/mol. The third-order valence-corrected chi connectivity index (χ3v) is 6.69. The van der Waals surface area contributed by atoms with Crippen LogP contribution in [0, 0.1) is 0 Å². The van der Waals surface area contributed by atoms with Crippen molar-refractivity contribution in [1.29, 1.82) is 0 Å². The van der Waals surface area contributed by atoms with Gasteiger partial charge in [0.1, 0.15) is 18.3 Å². The minimum absolute atomic E-state index is 0.0512. The number of halogens is 2. The number of benzene rings is 2. The number of nitrogens with one attached hydrogen (secondary N) is 1. The predicted octanol–water partition coefficient (Wildman–Crippen LogP) is 4.10. The Kier molecular flexibility index (Phi) is 9.44. The van der Waals surface area contributed by atoms with E-state index in [1.165, 1.54) is 30.2 Å². The molecule has 0 aromatic heterocycles. The van der Waals surface area contributed by atoms with Gasteiger partial charge in [-0.1, -0.05) is 35.3 Å². The zero-order valence-electron chi connectivity index (χ0n) is 20.6. The normalized spacial score (nSPS) is 12.6. The second-order valence-electron chi connectivity index (χ2n) is 9.15. The van der Waals surface area contributed by atoms with Gasteiger partial charge in [-0.15, -0.1) is 0 Å². The van der Waals surface area contributed by atoms with E-state index in [-0.39, 0.29) is 28.2 Å². The highest BCUT2D eigenvalue weighted by Crippen LogP contribution is 2.31. The number of methoxy groups -OCH3 is 1. The fourth-order valence-corrected chi connectivity index (χ4v) is 4.59. The lowest BCUT2D eigenvalue weighted by atomic mass is 10.1. The molecule has 0 unspecified atom stereocenters. The highest BCUT2D eigenvalue weighted by molar-refractivity contribution is 7.92. The summed E-state index contributed by atoms with van der Waals surface area (Å²) in [5, 5.41) is 3.24. The Morgan fingerprint density at radius 1 is 1.11 bits per heavy atom. The van der Waals surface area contributed by atoms with E-state index in [0.717, 1.165) is 10.6 Å². The predicted molar refractivity (Wildman–Crippen MR) is 140 cm³/mol. The molecule has 0 aliphatic carbocycles. The van der Waals surface area contributed by atoms with Gasteiger partial charge >= 0.3 is 0 Å².